The van der Waals surface area contributed by atoms with E-state index in [9.17, 15) is 0 Å². The van der Waals surface area contributed by atoms with Crippen LogP contribution >= 0.6 is 0 Å². The molecule has 1 saturated heterocycles. The maximum Gasteiger partial charge on any atom is 0.169 e. The molecule has 1 fully saturated rings. The van der Waals surface area contributed by atoms with Crippen LogP contribution in [0, 0.1) is 0 Å². The van der Waals surface area contributed by atoms with Gasteiger partial charge in [0.2, 0.25) is 0 Å². The van der Waals surface area contributed by atoms with Crippen LogP contribution in [0.5, 0.6) is 0 Å². The Labute approximate surface area is 121 Å². The van der Waals surface area contributed by atoms with Crippen molar-refractivity contribution in [3.63, 3.8) is 0 Å². The van der Waals surface area contributed by atoms with Crippen molar-refractivity contribution in [2.24, 2.45) is 0 Å². The number of hydrogen-bond acceptors (Lipinski definition) is 6. The normalized spacial score (nSPS) is 16.9. The molecule has 0 amide bonds. The lowest BCUT2D eigenvalue weighted by Gasteiger charge is -2.25. The minimum Gasteiger partial charge on any atom is -0.393 e. The number of hydrogen-bond donors (Lipinski definition) is 3. The summed E-state index contributed by atoms with van der Waals surface area (Å²) in [7, 11) is 0. The molecule has 1 aliphatic rings. The lowest BCUT2D eigenvalue weighted by Crippen LogP contribution is -2.40. The van der Waals surface area contributed by atoms with E-state index >= 15 is 0 Å². The third-order valence-electron chi connectivity index (χ3n) is 3.32. The fraction of sp³-hybridized carbons (Fsp3) is 0.714. The van der Waals surface area contributed by atoms with Crippen LogP contribution in [0.15, 0.2) is 6.33 Å². The highest BCUT2D eigenvalue weighted by Crippen LogP contribution is 2.27. The zero-order valence-electron chi connectivity index (χ0n) is 12.7. The molecule has 1 aromatic rings. The Morgan fingerprint density at radius 2 is 1.75 bits per heavy atom. The van der Waals surface area contributed by atoms with Gasteiger partial charge >= 0.3 is 0 Å². The van der Waals surface area contributed by atoms with Crippen molar-refractivity contribution < 1.29 is 0 Å². The van der Waals surface area contributed by atoms with Gasteiger partial charge in [-0.2, -0.15) is 0 Å². The number of aromatic nitrogens is 2. The molecule has 1 aromatic heterocycles. The molecule has 0 saturated carbocycles. The van der Waals surface area contributed by atoms with Gasteiger partial charge < -0.3 is 16.1 Å². The highest BCUT2D eigenvalue weighted by molar-refractivity contribution is 5.74. The van der Waals surface area contributed by atoms with Crippen LogP contribution in [0.25, 0.3) is 0 Å². The number of rotatable bonds is 3. The number of nitrogen functional groups attached to an aromatic ring is 1. The van der Waals surface area contributed by atoms with Gasteiger partial charge in [-0.1, -0.05) is 12.8 Å². The molecule has 20 heavy (non-hydrogen) atoms. The molecule has 0 unspecified atom stereocenters. The van der Waals surface area contributed by atoms with Crippen LogP contribution in [-0.2, 0) is 0 Å². The van der Waals surface area contributed by atoms with Gasteiger partial charge in [-0.15, -0.1) is 0 Å². The quantitative estimate of drug-likeness (QED) is 0.735. The molecule has 0 aromatic carbocycles. The minimum atomic E-state index is -0.0554. The molecule has 4 N–H and O–H groups in total. The summed E-state index contributed by atoms with van der Waals surface area (Å²) >= 11 is 0. The van der Waals surface area contributed by atoms with Crippen molar-refractivity contribution >= 4 is 17.3 Å². The topological polar surface area (TPSA) is 79.1 Å². The van der Waals surface area contributed by atoms with E-state index in [-0.39, 0.29) is 5.54 Å². The summed E-state index contributed by atoms with van der Waals surface area (Å²) in [6, 6.07) is 0. The van der Waals surface area contributed by atoms with E-state index in [0.29, 0.717) is 11.5 Å². The molecule has 1 aliphatic heterocycles. The Kier molecular flexibility index (Phi) is 4.65. The minimum absolute atomic E-state index is 0.0554. The van der Waals surface area contributed by atoms with Crippen LogP contribution in [0.3, 0.4) is 0 Å². The lowest BCUT2D eigenvalue weighted by atomic mass is 10.1. The van der Waals surface area contributed by atoms with Crippen LogP contribution in [0.2, 0.25) is 0 Å². The summed E-state index contributed by atoms with van der Waals surface area (Å²) in [6.45, 7) is 8.27. The van der Waals surface area contributed by atoms with Crippen molar-refractivity contribution in [3.05, 3.63) is 6.33 Å². The summed E-state index contributed by atoms with van der Waals surface area (Å²) in [6.07, 6.45) is 6.55. The van der Waals surface area contributed by atoms with Crippen molar-refractivity contribution in [2.45, 2.75) is 52.0 Å². The van der Waals surface area contributed by atoms with Gasteiger partial charge in [-0.3, -0.25) is 0 Å². The van der Waals surface area contributed by atoms with E-state index in [0.717, 1.165) is 18.9 Å². The van der Waals surface area contributed by atoms with E-state index in [1.807, 2.05) is 0 Å². The fourth-order valence-corrected chi connectivity index (χ4v) is 2.27. The summed E-state index contributed by atoms with van der Waals surface area (Å²) in [4.78, 5) is 10.9. The molecule has 6 nitrogen and oxygen atoms in total. The van der Waals surface area contributed by atoms with Gasteiger partial charge in [0.05, 0.1) is 0 Å². The highest BCUT2D eigenvalue weighted by atomic mass is 15.4. The number of nitrogens with two attached hydrogens (primary N) is 1. The first kappa shape index (κ1) is 14.8. The van der Waals surface area contributed by atoms with Gasteiger partial charge in [0.25, 0.3) is 0 Å². The second kappa shape index (κ2) is 6.26. The molecule has 2 heterocycles. The largest absolute Gasteiger partial charge is 0.393 e. The average Bonchev–Trinajstić information content (AvgIpc) is 2.65. The maximum atomic E-state index is 6.23. The first-order chi connectivity index (χ1) is 9.47. The summed E-state index contributed by atoms with van der Waals surface area (Å²) < 4.78 is 0. The van der Waals surface area contributed by atoms with Crippen LogP contribution in [0.1, 0.15) is 46.5 Å². The average molecular weight is 278 g/mol. The number of hydrazine groups is 1. The first-order valence-corrected chi connectivity index (χ1v) is 7.36. The third-order valence-corrected chi connectivity index (χ3v) is 3.32. The Morgan fingerprint density at radius 3 is 2.35 bits per heavy atom. The molecule has 0 atom stereocenters. The molecule has 0 radical (unpaired) electrons. The standard InChI is InChI=1S/C14H26N6/c1-14(2,3)19-18-12-11(15)13(17-10-16-12)20-8-6-4-5-7-9-20/h10,19H,4-9,15H2,1-3H3,(H,16,17,18). The summed E-state index contributed by atoms with van der Waals surface area (Å²) in [5.74, 6) is 1.49. The Balaban J connectivity index is 2.13. The molecule has 2 rings (SSSR count). The van der Waals surface area contributed by atoms with E-state index in [1.165, 1.54) is 25.7 Å². The van der Waals surface area contributed by atoms with Gasteiger partial charge in [0, 0.05) is 18.6 Å². The fourth-order valence-electron chi connectivity index (χ4n) is 2.27. The zero-order valence-corrected chi connectivity index (χ0v) is 12.7. The van der Waals surface area contributed by atoms with Gasteiger partial charge in [-0.25, -0.2) is 15.4 Å². The van der Waals surface area contributed by atoms with E-state index in [1.54, 1.807) is 6.33 Å². The molecular formula is C14H26N6. The van der Waals surface area contributed by atoms with Crippen molar-refractivity contribution in [2.75, 3.05) is 29.1 Å². The van der Waals surface area contributed by atoms with Crippen LogP contribution in [0.4, 0.5) is 17.3 Å². The van der Waals surface area contributed by atoms with Crippen molar-refractivity contribution in [3.8, 4) is 0 Å². The van der Waals surface area contributed by atoms with Crippen LogP contribution < -0.4 is 21.5 Å². The zero-order chi connectivity index (χ0) is 14.6. The Bertz CT molecular complexity index is 432. The van der Waals surface area contributed by atoms with E-state index < -0.39 is 0 Å². The monoisotopic (exact) mass is 278 g/mol. The lowest BCUT2D eigenvalue weighted by molar-refractivity contribution is 0.464. The molecular weight excluding hydrogens is 252 g/mol. The third kappa shape index (κ3) is 3.96. The van der Waals surface area contributed by atoms with Crippen molar-refractivity contribution in [1.29, 1.82) is 0 Å². The number of anilines is 3. The Hall–Kier alpha value is -1.56. The molecule has 0 spiro atoms. The second-order valence-corrected chi connectivity index (χ2v) is 6.36. The summed E-state index contributed by atoms with van der Waals surface area (Å²) in [5.41, 5.74) is 13.1. The second-order valence-electron chi connectivity index (χ2n) is 6.36. The number of nitrogens with zero attached hydrogens (tertiary/aromatic N) is 3. The SMILES string of the molecule is CC(C)(C)NNc1ncnc(N2CCCCCC2)c1N. The van der Waals surface area contributed by atoms with E-state index in [4.69, 9.17) is 5.73 Å². The van der Waals surface area contributed by atoms with Crippen LogP contribution in [-0.4, -0.2) is 28.6 Å². The molecule has 6 heteroatoms. The maximum absolute atomic E-state index is 6.23. The van der Waals surface area contributed by atoms with Crippen molar-refractivity contribution in [1.82, 2.24) is 15.4 Å². The predicted octanol–water partition coefficient (Wildman–Crippen LogP) is 2.15. The van der Waals surface area contributed by atoms with Gasteiger partial charge in [0.15, 0.2) is 11.6 Å². The summed E-state index contributed by atoms with van der Waals surface area (Å²) in [5, 5.41) is 0. The Morgan fingerprint density at radius 1 is 1.10 bits per heavy atom. The predicted molar refractivity (Wildman–Crippen MR) is 83.6 cm³/mol. The molecule has 112 valence electrons. The van der Waals surface area contributed by atoms with Gasteiger partial charge in [-0.05, 0) is 33.6 Å². The molecule has 0 aliphatic carbocycles. The number of nitrogens with one attached hydrogen (secondary N) is 2. The first-order valence-electron chi connectivity index (χ1n) is 7.36. The highest BCUT2D eigenvalue weighted by Gasteiger charge is 2.17. The smallest absolute Gasteiger partial charge is 0.169 e. The molecule has 0 bridgehead atoms. The van der Waals surface area contributed by atoms with Gasteiger partial charge in [0.1, 0.15) is 12.0 Å². The van der Waals surface area contributed by atoms with E-state index in [2.05, 4.69) is 46.5 Å².